The molecule has 0 aliphatic carbocycles. The van der Waals surface area contributed by atoms with Crippen LogP contribution < -0.4 is 15.8 Å². The fraction of sp³-hybridized carbons (Fsp3) is 0.182. The number of ether oxygens (including phenoxy) is 1. The third kappa shape index (κ3) is 5.95. The number of amides is 2. The number of thioether (sulfide) groups is 1. The number of nitrogens with one attached hydrogen (secondary N) is 1. The van der Waals surface area contributed by atoms with E-state index < -0.39 is 5.91 Å². The van der Waals surface area contributed by atoms with E-state index >= 15 is 0 Å². The van der Waals surface area contributed by atoms with E-state index in [1.807, 2.05) is 35.8 Å². The summed E-state index contributed by atoms with van der Waals surface area (Å²) in [6.45, 7) is 6.50. The molecule has 3 rings (SSSR count). The minimum atomic E-state index is -0.604. The lowest BCUT2D eigenvalue weighted by Crippen LogP contribution is -2.19. The normalized spacial score (nSPS) is 10.5. The smallest absolute Gasteiger partial charge is 0.250 e. The molecule has 0 bridgehead atoms. The van der Waals surface area contributed by atoms with E-state index in [0.717, 1.165) is 11.3 Å². The Morgan fingerprint density at radius 2 is 1.94 bits per heavy atom. The summed E-state index contributed by atoms with van der Waals surface area (Å²) in [6, 6.07) is 14.3. The van der Waals surface area contributed by atoms with Gasteiger partial charge in [-0.25, -0.2) is 0 Å². The fourth-order valence-electron chi connectivity index (χ4n) is 2.75. The number of carbonyl (C=O) groups excluding carboxylic acids is 2. The predicted molar refractivity (Wildman–Crippen MR) is 120 cm³/mol. The summed E-state index contributed by atoms with van der Waals surface area (Å²) in [5, 5.41) is 11.7. The Hall–Kier alpha value is -3.59. The second kappa shape index (κ2) is 10.4. The first-order valence-electron chi connectivity index (χ1n) is 9.52. The average Bonchev–Trinajstić information content (AvgIpc) is 3.14. The van der Waals surface area contributed by atoms with Crippen LogP contribution >= 0.6 is 11.8 Å². The van der Waals surface area contributed by atoms with Gasteiger partial charge in [0.2, 0.25) is 5.91 Å². The van der Waals surface area contributed by atoms with E-state index in [9.17, 15) is 9.59 Å². The van der Waals surface area contributed by atoms with Crippen LogP contribution in [-0.4, -0.2) is 32.3 Å². The number of carbonyl (C=O) groups is 2. The monoisotopic (exact) mass is 437 g/mol. The van der Waals surface area contributed by atoms with Crippen molar-refractivity contribution in [1.82, 2.24) is 14.8 Å². The molecule has 1 heterocycles. The van der Waals surface area contributed by atoms with E-state index in [-0.39, 0.29) is 23.8 Å². The van der Waals surface area contributed by atoms with Gasteiger partial charge < -0.3 is 15.8 Å². The van der Waals surface area contributed by atoms with Gasteiger partial charge in [0.25, 0.3) is 5.91 Å². The van der Waals surface area contributed by atoms with Crippen molar-refractivity contribution >= 4 is 29.3 Å². The van der Waals surface area contributed by atoms with Crippen LogP contribution in [0.2, 0.25) is 0 Å². The lowest BCUT2D eigenvalue weighted by atomic mass is 10.1. The van der Waals surface area contributed by atoms with Crippen LogP contribution in [0.25, 0.3) is 0 Å². The number of aryl methyl sites for hydroxylation is 1. The molecule has 0 spiro atoms. The number of rotatable bonds is 10. The quantitative estimate of drug-likeness (QED) is 0.372. The van der Waals surface area contributed by atoms with Gasteiger partial charge in [-0.05, 0) is 31.2 Å². The highest BCUT2D eigenvalue weighted by molar-refractivity contribution is 7.99. The summed E-state index contributed by atoms with van der Waals surface area (Å²) < 4.78 is 7.64. The van der Waals surface area contributed by atoms with Crippen LogP contribution in [0.3, 0.4) is 0 Å². The number of aromatic nitrogens is 3. The van der Waals surface area contributed by atoms with E-state index in [1.54, 1.807) is 30.3 Å². The van der Waals surface area contributed by atoms with Crippen LogP contribution in [0.15, 0.2) is 66.3 Å². The van der Waals surface area contributed by atoms with Gasteiger partial charge in [-0.1, -0.05) is 47.7 Å². The lowest BCUT2D eigenvalue weighted by Gasteiger charge is -2.10. The van der Waals surface area contributed by atoms with Gasteiger partial charge in [0.05, 0.1) is 17.0 Å². The molecule has 3 aromatic rings. The van der Waals surface area contributed by atoms with Crippen LogP contribution in [0.4, 0.5) is 5.69 Å². The second-order valence-electron chi connectivity index (χ2n) is 6.65. The molecule has 8 nitrogen and oxygen atoms in total. The molecule has 160 valence electrons. The minimum absolute atomic E-state index is 0.0845. The average molecular weight is 438 g/mol. The molecular weight excluding hydrogens is 414 g/mol. The molecular formula is C22H23N5O3S. The molecule has 0 atom stereocenters. The minimum Gasteiger partial charge on any atom is -0.486 e. The number of primary amides is 1. The third-order valence-corrected chi connectivity index (χ3v) is 5.26. The second-order valence-corrected chi connectivity index (χ2v) is 7.59. The fourth-order valence-corrected chi connectivity index (χ4v) is 3.52. The molecule has 0 saturated carbocycles. The summed E-state index contributed by atoms with van der Waals surface area (Å²) in [7, 11) is 0. The van der Waals surface area contributed by atoms with Crippen molar-refractivity contribution in [2.24, 2.45) is 5.73 Å². The van der Waals surface area contributed by atoms with Crippen molar-refractivity contribution in [2.45, 2.75) is 25.2 Å². The molecule has 0 unspecified atom stereocenters. The Morgan fingerprint density at radius 3 is 2.65 bits per heavy atom. The summed E-state index contributed by atoms with van der Waals surface area (Å²) in [4.78, 5) is 23.9. The number of benzene rings is 2. The number of allylic oxidation sites excluding steroid dienone is 1. The predicted octanol–water partition coefficient (Wildman–Crippen LogP) is 3.18. The number of anilines is 1. The highest BCUT2D eigenvalue weighted by Gasteiger charge is 2.15. The van der Waals surface area contributed by atoms with Gasteiger partial charge >= 0.3 is 0 Å². The molecule has 2 amide bonds. The Kier molecular flexibility index (Phi) is 7.45. The largest absolute Gasteiger partial charge is 0.486 e. The van der Waals surface area contributed by atoms with Gasteiger partial charge in [0.15, 0.2) is 11.0 Å². The van der Waals surface area contributed by atoms with Gasteiger partial charge in [-0.2, -0.15) is 0 Å². The first-order valence-corrected chi connectivity index (χ1v) is 10.5. The molecule has 0 aliphatic heterocycles. The SMILES string of the molecule is C=CCn1c(COc2ccc(C)cc2)nnc1SCC(=O)Nc1ccccc1C(N)=O. The van der Waals surface area contributed by atoms with Crippen LogP contribution in [0.1, 0.15) is 21.7 Å². The zero-order valence-electron chi connectivity index (χ0n) is 17.1. The first-order chi connectivity index (χ1) is 15.0. The Labute approximate surface area is 184 Å². The van der Waals surface area contributed by atoms with E-state index in [2.05, 4.69) is 22.1 Å². The standard InChI is InChI=1S/C22H23N5O3S/c1-3-12-27-19(13-30-16-10-8-15(2)9-11-16)25-26-22(27)31-14-20(28)24-18-7-5-4-6-17(18)21(23)29/h3-11H,1,12-14H2,2H3,(H2,23,29)(H,24,28). The zero-order valence-corrected chi connectivity index (χ0v) is 17.9. The summed E-state index contributed by atoms with van der Waals surface area (Å²) in [6.07, 6.45) is 1.73. The molecule has 2 aromatic carbocycles. The molecule has 0 aliphatic rings. The maximum absolute atomic E-state index is 12.4. The molecule has 3 N–H and O–H groups in total. The molecule has 0 saturated heterocycles. The highest BCUT2D eigenvalue weighted by Crippen LogP contribution is 2.20. The first kappa shape index (κ1) is 22.1. The van der Waals surface area contributed by atoms with E-state index in [0.29, 0.717) is 23.2 Å². The third-order valence-electron chi connectivity index (χ3n) is 4.29. The number of para-hydroxylation sites is 1. The molecule has 31 heavy (non-hydrogen) atoms. The van der Waals surface area contributed by atoms with Crippen molar-refractivity contribution < 1.29 is 14.3 Å². The van der Waals surface area contributed by atoms with Gasteiger partial charge in [-0.15, -0.1) is 16.8 Å². The summed E-state index contributed by atoms with van der Waals surface area (Å²) >= 11 is 1.23. The molecule has 0 fully saturated rings. The van der Waals surface area contributed by atoms with Crippen molar-refractivity contribution in [3.63, 3.8) is 0 Å². The number of nitrogens with two attached hydrogens (primary N) is 1. The zero-order chi connectivity index (χ0) is 22.2. The van der Waals surface area contributed by atoms with Crippen molar-refractivity contribution in [3.05, 3.63) is 78.1 Å². The number of nitrogens with zero attached hydrogens (tertiary/aromatic N) is 3. The Bertz CT molecular complexity index is 1080. The van der Waals surface area contributed by atoms with Gasteiger partial charge in [0.1, 0.15) is 12.4 Å². The van der Waals surface area contributed by atoms with E-state index in [4.69, 9.17) is 10.5 Å². The number of hydrogen-bond donors (Lipinski definition) is 2. The Balaban J connectivity index is 1.63. The highest BCUT2D eigenvalue weighted by atomic mass is 32.2. The Morgan fingerprint density at radius 1 is 1.19 bits per heavy atom. The lowest BCUT2D eigenvalue weighted by molar-refractivity contribution is -0.113. The topological polar surface area (TPSA) is 112 Å². The maximum atomic E-state index is 12.4. The molecule has 0 radical (unpaired) electrons. The number of hydrogen-bond acceptors (Lipinski definition) is 6. The van der Waals surface area contributed by atoms with Crippen molar-refractivity contribution in [2.75, 3.05) is 11.1 Å². The van der Waals surface area contributed by atoms with Gasteiger partial charge in [-0.3, -0.25) is 14.2 Å². The van der Waals surface area contributed by atoms with Crippen LogP contribution in [0, 0.1) is 6.92 Å². The van der Waals surface area contributed by atoms with Crippen LogP contribution in [-0.2, 0) is 17.9 Å². The summed E-state index contributed by atoms with van der Waals surface area (Å²) in [5.41, 5.74) is 7.13. The van der Waals surface area contributed by atoms with Crippen molar-refractivity contribution in [1.29, 1.82) is 0 Å². The van der Waals surface area contributed by atoms with Crippen molar-refractivity contribution in [3.8, 4) is 5.75 Å². The summed E-state index contributed by atoms with van der Waals surface area (Å²) in [5.74, 6) is 0.556. The van der Waals surface area contributed by atoms with Gasteiger partial charge in [0, 0.05) is 6.54 Å². The van der Waals surface area contributed by atoms with Crippen LogP contribution in [0.5, 0.6) is 5.75 Å². The van der Waals surface area contributed by atoms with E-state index in [1.165, 1.54) is 11.8 Å². The molecule has 1 aromatic heterocycles. The molecule has 9 heteroatoms. The maximum Gasteiger partial charge on any atom is 0.250 e.